The summed E-state index contributed by atoms with van der Waals surface area (Å²) in [6.45, 7) is 4.13. The van der Waals surface area contributed by atoms with Gasteiger partial charge in [-0.25, -0.2) is 4.68 Å². The molecule has 0 radical (unpaired) electrons. The van der Waals surface area contributed by atoms with Crippen molar-refractivity contribution >= 4 is 15.9 Å². The van der Waals surface area contributed by atoms with Crippen molar-refractivity contribution in [2.45, 2.75) is 38.8 Å². The van der Waals surface area contributed by atoms with Crippen LogP contribution in [0.1, 0.15) is 37.4 Å². The summed E-state index contributed by atoms with van der Waals surface area (Å²) in [5.41, 5.74) is 2.57. The van der Waals surface area contributed by atoms with Crippen molar-refractivity contribution in [1.82, 2.24) is 9.78 Å². The molecule has 2 rings (SSSR count). The van der Waals surface area contributed by atoms with Crippen LogP contribution >= 0.6 is 15.9 Å². The van der Waals surface area contributed by atoms with Gasteiger partial charge in [0, 0.05) is 12.1 Å². The average molecular weight is 361 g/mol. The predicted molar refractivity (Wildman–Crippen MR) is 79.7 cm³/mol. The highest BCUT2D eigenvalue weighted by molar-refractivity contribution is 9.10. The lowest BCUT2D eigenvalue weighted by Crippen LogP contribution is -2.08. The molecule has 0 saturated carbocycles. The number of nitrogens with zero attached hydrogens (tertiary/aromatic N) is 2. The molecule has 0 aliphatic rings. The molecule has 1 heterocycles. The third-order valence-electron chi connectivity index (χ3n) is 3.18. The first-order chi connectivity index (χ1) is 9.76. The molecule has 6 heteroatoms. The molecule has 0 aliphatic carbocycles. The predicted octanol–water partition coefficient (Wildman–Crippen LogP) is 5.25. The van der Waals surface area contributed by atoms with Crippen molar-refractivity contribution in [3.8, 4) is 5.69 Å². The van der Waals surface area contributed by atoms with Crippen molar-refractivity contribution in [3.63, 3.8) is 0 Å². The van der Waals surface area contributed by atoms with Crippen LogP contribution in [-0.2, 0) is 6.42 Å². The molecule has 0 amide bonds. The van der Waals surface area contributed by atoms with Crippen LogP contribution in [0, 0.1) is 0 Å². The Morgan fingerprint density at radius 1 is 1.19 bits per heavy atom. The van der Waals surface area contributed by atoms with E-state index in [2.05, 4.69) is 34.9 Å². The highest BCUT2D eigenvalue weighted by Gasteiger charge is 2.26. The van der Waals surface area contributed by atoms with E-state index in [0.717, 1.165) is 16.0 Å². The van der Waals surface area contributed by atoms with Gasteiger partial charge in [0.1, 0.15) is 4.60 Å². The summed E-state index contributed by atoms with van der Waals surface area (Å²) >= 11 is 3.35. The van der Waals surface area contributed by atoms with Crippen LogP contribution in [0.4, 0.5) is 13.2 Å². The van der Waals surface area contributed by atoms with Crippen molar-refractivity contribution < 1.29 is 13.2 Å². The Hall–Kier alpha value is -1.30. The third-order valence-corrected chi connectivity index (χ3v) is 3.56. The van der Waals surface area contributed by atoms with Gasteiger partial charge in [-0.3, -0.25) is 0 Å². The van der Waals surface area contributed by atoms with E-state index in [1.165, 1.54) is 0 Å². The SMILES string of the molecule is CC(C)c1cc(Br)nn1-c1ccc(CCC(F)(F)F)cc1. The second-order valence-corrected chi connectivity index (χ2v) is 6.05. The second-order valence-electron chi connectivity index (χ2n) is 5.24. The van der Waals surface area contributed by atoms with E-state index in [-0.39, 0.29) is 6.42 Å². The maximum atomic E-state index is 12.2. The first kappa shape index (κ1) is 16.1. The van der Waals surface area contributed by atoms with E-state index in [9.17, 15) is 13.2 Å². The fraction of sp³-hybridized carbons (Fsp3) is 0.400. The zero-order chi connectivity index (χ0) is 15.6. The van der Waals surface area contributed by atoms with Gasteiger partial charge >= 0.3 is 6.18 Å². The molecule has 114 valence electrons. The fourth-order valence-electron chi connectivity index (χ4n) is 2.07. The molecule has 1 aromatic carbocycles. The molecule has 0 saturated heterocycles. The quantitative estimate of drug-likeness (QED) is 0.727. The van der Waals surface area contributed by atoms with E-state index < -0.39 is 12.6 Å². The first-order valence-corrected chi connectivity index (χ1v) is 7.47. The lowest BCUT2D eigenvalue weighted by Gasteiger charge is -2.11. The number of aromatic nitrogens is 2. The number of aryl methyl sites for hydroxylation is 1. The van der Waals surface area contributed by atoms with E-state index in [0.29, 0.717) is 11.5 Å². The van der Waals surface area contributed by atoms with Crippen LogP contribution in [0.15, 0.2) is 34.9 Å². The molecule has 0 N–H and O–H groups in total. The maximum Gasteiger partial charge on any atom is 0.389 e. The molecule has 0 aliphatic heterocycles. The topological polar surface area (TPSA) is 17.8 Å². The van der Waals surface area contributed by atoms with E-state index >= 15 is 0 Å². The van der Waals surface area contributed by atoms with Gasteiger partial charge in [-0.2, -0.15) is 18.3 Å². The Morgan fingerprint density at radius 3 is 2.33 bits per heavy atom. The van der Waals surface area contributed by atoms with Gasteiger partial charge in [-0.05, 0) is 52.0 Å². The number of alkyl halides is 3. The van der Waals surface area contributed by atoms with Crippen LogP contribution in [0.5, 0.6) is 0 Å². The fourth-order valence-corrected chi connectivity index (χ4v) is 2.47. The molecule has 0 fully saturated rings. The summed E-state index contributed by atoms with van der Waals surface area (Å²) in [4.78, 5) is 0. The number of halogens is 4. The molecule has 0 bridgehead atoms. The highest BCUT2D eigenvalue weighted by Crippen LogP contribution is 2.25. The lowest BCUT2D eigenvalue weighted by atomic mass is 10.1. The minimum Gasteiger partial charge on any atom is -0.236 e. The van der Waals surface area contributed by atoms with Gasteiger partial charge in [0.05, 0.1) is 5.69 Å². The van der Waals surface area contributed by atoms with Crippen LogP contribution in [0.3, 0.4) is 0 Å². The Balaban J connectivity index is 2.19. The molecular formula is C15H16BrF3N2. The number of hydrogen-bond acceptors (Lipinski definition) is 1. The molecule has 1 aromatic heterocycles. The smallest absolute Gasteiger partial charge is 0.236 e. The molecule has 0 atom stereocenters. The Kier molecular flexibility index (Phi) is 4.76. The van der Waals surface area contributed by atoms with Gasteiger partial charge < -0.3 is 0 Å². The Morgan fingerprint density at radius 2 is 1.81 bits per heavy atom. The van der Waals surface area contributed by atoms with E-state index in [4.69, 9.17) is 0 Å². The zero-order valence-electron chi connectivity index (χ0n) is 11.8. The number of benzene rings is 1. The molecular weight excluding hydrogens is 345 g/mol. The van der Waals surface area contributed by atoms with Crippen molar-refractivity contribution in [2.75, 3.05) is 0 Å². The molecule has 0 unspecified atom stereocenters. The monoisotopic (exact) mass is 360 g/mol. The van der Waals surface area contributed by atoms with Crippen LogP contribution in [0.25, 0.3) is 5.69 Å². The van der Waals surface area contributed by atoms with Crippen LogP contribution in [-0.4, -0.2) is 16.0 Å². The molecule has 2 aromatic rings. The average Bonchev–Trinajstić information content (AvgIpc) is 2.78. The van der Waals surface area contributed by atoms with Gasteiger partial charge in [0.25, 0.3) is 0 Å². The Bertz CT molecular complexity index is 600. The summed E-state index contributed by atoms with van der Waals surface area (Å²) < 4.78 is 39.2. The minimum absolute atomic E-state index is 0.00359. The number of rotatable bonds is 4. The van der Waals surface area contributed by atoms with E-state index in [1.807, 2.05) is 10.7 Å². The molecule has 2 nitrogen and oxygen atoms in total. The molecule has 21 heavy (non-hydrogen) atoms. The van der Waals surface area contributed by atoms with Crippen LogP contribution < -0.4 is 0 Å². The standard InChI is InChI=1S/C15H16BrF3N2/c1-10(2)13-9-14(16)20-21(13)12-5-3-11(4-6-12)7-8-15(17,18)19/h3-6,9-10H,7-8H2,1-2H3. The largest absolute Gasteiger partial charge is 0.389 e. The summed E-state index contributed by atoms with van der Waals surface area (Å²) in [6, 6.07) is 9.00. The third kappa shape index (κ3) is 4.33. The van der Waals surface area contributed by atoms with Crippen molar-refractivity contribution in [1.29, 1.82) is 0 Å². The van der Waals surface area contributed by atoms with Gasteiger partial charge in [0.2, 0.25) is 0 Å². The zero-order valence-corrected chi connectivity index (χ0v) is 13.4. The van der Waals surface area contributed by atoms with Gasteiger partial charge in [-0.15, -0.1) is 0 Å². The maximum absolute atomic E-state index is 12.2. The summed E-state index contributed by atoms with van der Waals surface area (Å²) in [5, 5.41) is 4.37. The van der Waals surface area contributed by atoms with Crippen LogP contribution in [0.2, 0.25) is 0 Å². The Labute approximate surface area is 130 Å². The summed E-state index contributed by atoms with van der Waals surface area (Å²) in [6.07, 6.45) is -4.91. The number of hydrogen-bond donors (Lipinski definition) is 0. The minimum atomic E-state index is -4.11. The van der Waals surface area contributed by atoms with Gasteiger partial charge in [-0.1, -0.05) is 26.0 Å². The van der Waals surface area contributed by atoms with E-state index in [1.54, 1.807) is 24.3 Å². The highest BCUT2D eigenvalue weighted by atomic mass is 79.9. The summed E-state index contributed by atoms with van der Waals surface area (Å²) in [7, 11) is 0. The lowest BCUT2D eigenvalue weighted by molar-refractivity contribution is -0.133. The van der Waals surface area contributed by atoms with Crippen molar-refractivity contribution in [3.05, 3.63) is 46.2 Å². The van der Waals surface area contributed by atoms with Gasteiger partial charge in [0.15, 0.2) is 0 Å². The summed E-state index contributed by atoms with van der Waals surface area (Å²) in [5.74, 6) is 0.300. The first-order valence-electron chi connectivity index (χ1n) is 6.68. The second kappa shape index (κ2) is 6.22. The normalized spacial score (nSPS) is 12.1. The molecule has 0 spiro atoms. The van der Waals surface area contributed by atoms with Crippen molar-refractivity contribution in [2.24, 2.45) is 0 Å².